The first kappa shape index (κ1) is 13.2. The van der Waals surface area contributed by atoms with Crippen molar-refractivity contribution in [3.8, 4) is 0 Å². The second-order valence-electron chi connectivity index (χ2n) is 3.48. The van der Waals surface area contributed by atoms with Crippen molar-refractivity contribution in [3.05, 3.63) is 35.4 Å². The zero-order valence-electron chi connectivity index (χ0n) is 8.51. The average Bonchev–Trinajstić information content (AvgIpc) is 2.16. The molecule has 88 valence electrons. The van der Waals surface area contributed by atoms with Gasteiger partial charge in [0.05, 0.1) is 10.4 Å². The third-order valence-electron chi connectivity index (χ3n) is 2.11. The fraction of sp³-hybridized carbons (Fsp3) is 0.364. The molecule has 1 nitrogen and oxygen atoms in total. The zero-order chi connectivity index (χ0) is 12.3. The summed E-state index contributed by atoms with van der Waals surface area (Å²) in [5, 5.41) is 0. The summed E-state index contributed by atoms with van der Waals surface area (Å²) in [7, 11) is 0. The normalized spacial score (nSPS) is 13.6. The van der Waals surface area contributed by atoms with Crippen molar-refractivity contribution in [2.24, 2.45) is 0 Å². The minimum Gasteiger partial charge on any atom is -0.299 e. The van der Waals surface area contributed by atoms with Gasteiger partial charge >= 0.3 is 6.18 Å². The molecule has 1 rings (SSSR count). The molecule has 1 aromatic carbocycles. The summed E-state index contributed by atoms with van der Waals surface area (Å²) in [5.41, 5.74) is -0.194. The molecule has 1 aromatic rings. The van der Waals surface area contributed by atoms with Crippen LogP contribution in [0.15, 0.2) is 24.3 Å². The Labute approximate surface area is 99.8 Å². The van der Waals surface area contributed by atoms with Crippen LogP contribution in [-0.4, -0.2) is 10.6 Å². The van der Waals surface area contributed by atoms with Crippen molar-refractivity contribution in [2.45, 2.75) is 24.3 Å². The van der Waals surface area contributed by atoms with Gasteiger partial charge in [0.2, 0.25) is 0 Å². The molecule has 1 atom stereocenters. The number of carbonyl (C=O) groups is 1. The van der Waals surface area contributed by atoms with E-state index in [1.165, 1.54) is 13.0 Å². The minimum absolute atomic E-state index is 0.0996. The van der Waals surface area contributed by atoms with Gasteiger partial charge < -0.3 is 0 Å². The Kier molecular flexibility index (Phi) is 4.13. The van der Waals surface area contributed by atoms with Gasteiger partial charge in [-0.25, -0.2) is 0 Å². The number of hydrogen-bond acceptors (Lipinski definition) is 1. The highest BCUT2D eigenvalue weighted by Gasteiger charge is 2.30. The molecular formula is C11H10BrF3O. The zero-order valence-corrected chi connectivity index (χ0v) is 10.1. The molecule has 0 aliphatic carbocycles. The fourth-order valence-electron chi connectivity index (χ4n) is 1.23. The highest BCUT2D eigenvalue weighted by molar-refractivity contribution is 9.10. The van der Waals surface area contributed by atoms with Crippen LogP contribution in [0.3, 0.4) is 0 Å². The van der Waals surface area contributed by atoms with E-state index in [0.29, 0.717) is 5.56 Å². The van der Waals surface area contributed by atoms with Gasteiger partial charge in [-0.1, -0.05) is 34.1 Å². The molecule has 0 N–H and O–H groups in total. The summed E-state index contributed by atoms with van der Waals surface area (Å²) in [6, 6.07) is 5.00. The molecule has 1 unspecified atom stereocenters. The van der Waals surface area contributed by atoms with Gasteiger partial charge in [-0.2, -0.15) is 13.2 Å². The molecule has 0 radical (unpaired) electrons. The van der Waals surface area contributed by atoms with Crippen LogP contribution >= 0.6 is 15.9 Å². The first-order valence-corrected chi connectivity index (χ1v) is 5.53. The molecule has 0 amide bonds. The molecule has 0 aliphatic heterocycles. The average molecular weight is 295 g/mol. The van der Waals surface area contributed by atoms with Crippen LogP contribution in [-0.2, 0) is 17.4 Å². The quantitative estimate of drug-likeness (QED) is 0.779. The summed E-state index contributed by atoms with van der Waals surface area (Å²) in [4.78, 5) is 10.5. The van der Waals surface area contributed by atoms with E-state index in [4.69, 9.17) is 0 Å². The standard InChI is InChI=1S/C11H10BrF3O/c1-7(16)10(12)6-8-3-2-4-9(5-8)11(13,14)15/h2-5,10H,6H2,1H3. The van der Waals surface area contributed by atoms with Crippen LogP contribution < -0.4 is 0 Å². The Hall–Kier alpha value is -0.840. The number of rotatable bonds is 3. The van der Waals surface area contributed by atoms with Gasteiger partial charge in [-0.15, -0.1) is 0 Å². The van der Waals surface area contributed by atoms with E-state index in [9.17, 15) is 18.0 Å². The van der Waals surface area contributed by atoms with Crippen LogP contribution in [0.1, 0.15) is 18.1 Å². The van der Waals surface area contributed by atoms with Crippen molar-refractivity contribution in [3.63, 3.8) is 0 Å². The molecule has 5 heteroatoms. The molecule has 0 aromatic heterocycles. The lowest BCUT2D eigenvalue weighted by atomic mass is 10.0. The van der Waals surface area contributed by atoms with Crippen molar-refractivity contribution < 1.29 is 18.0 Å². The lowest BCUT2D eigenvalue weighted by molar-refractivity contribution is -0.137. The molecule has 0 fully saturated rings. The number of hydrogen-bond donors (Lipinski definition) is 0. The molecule has 16 heavy (non-hydrogen) atoms. The highest BCUT2D eigenvalue weighted by Crippen LogP contribution is 2.30. The third-order valence-corrected chi connectivity index (χ3v) is 3.08. The number of halogens is 4. The van der Waals surface area contributed by atoms with E-state index in [0.717, 1.165) is 12.1 Å². The predicted octanol–water partition coefficient (Wildman–Crippen LogP) is 3.60. The molecule has 0 saturated carbocycles. The van der Waals surface area contributed by atoms with Crippen LogP contribution in [0.5, 0.6) is 0 Å². The second kappa shape index (κ2) is 4.99. The fourth-order valence-corrected chi connectivity index (χ4v) is 1.60. The lowest BCUT2D eigenvalue weighted by Gasteiger charge is -2.10. The van der Waals surface area contributed by atoms with Crippen molar-refractivity contribution >= 4 is 21.7 Å². The highest BCUT2D eigenvalue weighted by atomic mass is 79.9. The number of Topliss-reactive ketones (excluding diaryl/α,β-unsaturated/α-hetero) is 1. The minimum atomic E-state index is -4.34. The molecule has 0 heterocycles. The maximum Gasteiger partial charge on any atom is 0.416 e. The van der Waals surface area contributed by atoms with Crippen LogP contribution in [0.2, 0.25) is 0 Å². The van der Waals surface area contributed by atoms with Gasteiger partial charge in [-0.3, -0.25) is 4.79 Å². The number of ketones is 1. The summed E-state index contributed by atoms with van der Waals surface area (Å²) < 4.78 is 37.2. The van der Waals surface area contributed by atoms with Gasteiger partial charge in [-0.05, 0) is 25.0 Å². The van der Waals surface area contributed by atoms with Gasteiger partial charge in [0.1, 0.15) is 5.78 Å². The maximum absolute atomic E-state index is 12.4. The molecule has 0 aliphatic rings. The van der Waals surface area contributed by atoms with Crippen molar-refractivity contribution in [2.75, 3.05) is 0 Å². The molecular weight excluding hydrogens is 285 g/mol. The van der Waals surface area contributed by atoms with Crippen LogP contribution in [0.4, 0.5) is 13.2 Å². The number of carbonyl (C=O) groups excluding carboxylic acids is 1. The SMILES string of the molecule is CC(=O)C(Br)Cc1cccc(C(F)(F)F)c1. The lowest BCUT2D eigenvalue weighted by Crippen LogP contribution is -2.13. The Balaban J connectivity index is 2.87. The Morgan fingerprint density at radius 2 is 2.06 bits per heavy atom. The predicted molar refractivity (Wildman–Crippen MR) is 58.5 cm³/mol. The first-order valence-electron chi connectivity index (χ1n) is 4.61. The van der Waals surface area contributed by atoms with Crippen molar-refractivity contribution in [1.82, 2.24) is 0 Å². The van der Waals surface area contributed by atoms with E-state index >= 15 is 0 Å². The van der Waals surface area contributed by atoms with E-state index in [2.05, 4.69) is 15.9 Å². The summed E-state index contributed by atoms with van der Waals surface area (Å²) in [5.74, 6) is -0.0996. The third kappa shape index (κ3) is 3.63. The van der Waals surface area contributed by atoms with E-state index in [1.54, 1.807) is 6.07 Å². The smallest absolute Gasteiger partial charge is 0.299 e. The Morgan fingerprint density at radius 3 is 2.56 bits per heavy atom. The summed E-state index contributed by atoms with van der Waals surface area (Å²) in [6.07, 6.45) is -4.08. The summed E-state index contributed by atoms with van der Waals surface area (Å²) in [6.45, 7) is 1.40. The Bertz CT molecular complexity index is 387. The van der Waals surface area contributed by atoms with Gasteiger partial charge in [0.25, 0.3) is 0 Å². The van der Waals surface area contributed by atoms with Crippen LogP contribution in [0.25, 0.3) is 0 Å². The Morgan fingerprint density at radius 1 is 1.44 bits per heavy atom. The van der Waals surface area contributed by atoms with Gasteiger partial charge in [0, 0.05) is 0 Å². The van der Waals surface area contributed by atoms with Gasteiger partial charge in [0.15, 0.2) is 0 Å². The van der Waals surface area contributed by atoms with E-state index < -0.39 is 16.6 Å². The van der Waals surface area contributed by atoms with E-state index in [1.807, 2.05) is 0 Å². The van der Waals surface area contributed by atoms with Crippen molar-refractivity contribution in [1.29, 1.82) is 0 Å². The molecule has 0 saturated heterocycles. The van der Waals surface area contributed by atoms with Crippen LogP contribution in [0, 0.1) is 0 Å². The molecule has 0 bridgehead atoms. The number of benzene rings is 1. The largest absolute Gasteiger partial charge is 0.416 e. The maximum atomic E-state index is 12.4. The first-order chi connectivity index (χ1) is 7.30. The van der Waals surface area contributed by atoms with E-state index in [-0.39, 0.29) is 12.2 Å². The molecule has 0 spiro atoms. The monoisotopic (exact) mass is 294 g/mol. The summed E-state index contributed by atoms with van der Waals surface area (Å²) >= 11 is 3.12. The number of alkyl halides is 4. The topological polar surface area (TPSA) is 17.1 Å². The second-order valence-corrected chi connectivity index (χ2v) is 4.59.